The Hall–Kier alpha value is -0.610. The summed E-state index contributed by atoms with van der Waals surface area (Å²) in [5, 5.41) is 11.2. The van der Waals surface area contributed by atoms with Crippen LogP contribution in [0.15, 0.2) is 40.9 Å². The first-order valence-corrected chi connectivity index (χ1v) is 7.08. The average molecular weight is 364 g/mol. The molecule has 0 aliphatic carbocycles. The van der Waals surface area contributed by atoms with Gasteiger partial charge in [-0.3, -0.25) is 0 Å². The van der Waals surface area contributed by atoms with Gasteiger partial charge in [0.05, 0.1) is 6.10 Å². The summed E-state index contributed by atoms with van der Waals surface area (Å²) in [6.07, 6.45) is -0.531. The van der Waals surface area contributed by atoms with Crippen molar-refractivity contribution in [3.8, 4) is 0 Å². The highest BCUT2D eigenvalue weighted by Crippen LogP contribution is 2.27. The van der Waals surface area contributed by atoms with Gasteiger partial charge >= 0.3 is 0 Å². The molecule has 19 heavy (non-hydrogen) atoms. The van der Waals surface area contributed by atoms with Crippen molar-refractivity contribution in [1.29, 1.82) is 0 Å². The third-order valence-corrected chi connectivity index (χ3v) is 3.74. The summed E-state index contributed by atoms with van der Waals surface area (Å²) in [5.74, 6) is -0.398. The quantitative estimate of drug-likeness (QED) is 0.797. The molecule has 0 amide bonds. The lowest BCUT2D eigenvalue weighted by Gasteiger charge is -2.13. The molecule has 5 heteroatoms. The van der Waals surface area contributed by atoms with E-state index in [9.17, 15) is 9.50 Å². The van der Waals surface area contributed by atoms with E-state index < -0.39 is 11.9 Å². The standard InChI is InChI=1S/C14H10BrCl2FO/c15-10-3-9(4-12(18)6-10)14(19)5-8-1-2-11(16)7-13(8)17/h1-4,6-7,14,19H,5H2. The highest BCUT2D eigenvalue weighted by Gasteiger charge is 2.13. The van der Waals surface area contributed by atoms with Gasteiger partial charge in [0.2, 0.25) is 0 Å². The number of aliphatic hydroxyl groups is 1. The summed E-state index contributed by atoms with van der Waals surface area (Å²) in [4.78, 5) is 0. The lowest BCUT2D eigenvalue weighted by molar-refractivity contribution is 0.178. The van der Waals surface area contributed by atoms with Crippen molar-refractivity contribution < 1.29 is 9.50 Å². The molecule has 0 saturated carbocycles. The molecule has 0 aromatic heterocycles. The monoisotopic (exact) mass is 362 g/mol. The molecule has 0 saturated heterocycles. The minimum Gasteiger partial charge on any atom is -0.388 e. The van der Waals surface area contributed by atoms with Gasteiger partial charge in [-0.05, 0) is 41.5 Å². The maximum absolute atomic E-state index is 13.3. The lowest BCUT2D eigenvalue weighted by Crippen LogP contribution is -2.03. The number of aliphatic hydroxyl groups excluding tert-OH is 1. The topological polar surface area (TPSA) is 20.2 Å². The van der Waals surface area contributed by atoms with Crippen LogP contribution >= 0.6 is 39.1 Å². The molecular formula is C14H10BrCl2FO. The lowest BCUT2D eigenvalue weighted by atomic mass is 10.0. The maximum atomic E-state index is 13.3. The zero-order valence-corrected chi connectivity index (χ0v) is 12.8. The van der Waals surface area contributed by atoms with E-state index in [4.69, 9.17) is 23.2 Å². The second kappa shape index (κ2) is 6.23. The van der Waals surface area contributed by atoms with E-state index in [1.165, 1.54) is 12.1 Å². The van der Waals surface area contributed by atoms with Crippen molar-refractivity contribution in [2.24, 2.45) is 0 Å². The van der Waals surface area contributed by atoms with E-state index in [0.29, 0.717) is 26.5 Å². The molecule has 0 radical (unpaired) electrons. The van der Waals surface area contributed by atoms with E-state index in [2.05, 4.69) is 15.9 Å². The molecule has 100 valence electrons. The smallest absolute Gasteiger partial charge is 0.124 e. The van der Waals surface area contributed by atoms with Gasteiger partial charge in [-0.2, -0.15) is 0 Å². The Kier molecular flexibility index (Phi) is 4.85. The van der Waals surface area contributed by atoms with Crippen LogP contribution in [0, 0.1) is 5.82 Å². The largest absolute Gasteiger partial charge is 0.388 e. The van der Waals surface area contributed by atoms with Crippen LogP contribution in [-0.4, -0.2) is 5.11 Å². The van der Waals surface area contributed by atoms with Crippen LogP contribution in [0.5, 0.6) is 0 Å². The van der Waals surface area contributed by atoms with Crippen molar-refractivity contribution in [3.05, 3.63) is 67.9 Å². The Balaban J connectivity index is 2.22. The molecule has 1 atom stereocenters. The van der Waals surface area contributed by atoms with Gasteiger partial charge < -0.3 is 5.11 Å². The number of rotatable bonds is 3. The Labute approximate surface area is 129 Å². The second-order valence-corrected chi connectivity index (χ2v) is 5.92. The second-order valence-electron chi connectivity index (χ2n) is 4.16. The van der Waals surface area contributed by atoms with Crippen molar-refractivity contribution in [2.45, 2.75) is 12.5 Å². The molecule has 0 aliphatic heterocycles. The van der Waals surface area contributed by atoms with Crippen molar-refractivity contribution in [1.82, 2.24) is 0 Å². The van der Waals surface area contributed by atoms with Crippen molar-refractivity contribution in [3.63, 3.8) is 0 Å². The summed E-state index contributed by atoms with van der Waals surface area (Å²) < 4.78 is 13.9. The van der Waals surface area contributed by atoms with Crippen LogP contribution < -0.4 is 0 Å². The van der Waals surface area contributed by atoms with Crippen LogP contribution in [-0.2, 0) is 6.42 Å². The van der Waals surface area contributed by atoms with Crippen LogP contribution in [0.25, 0.3) is 0 Å². The molecule has 1 nitrogen and oxygen atoms in total. The van der Waals surface area contributed by atoms with Gasteiger partial charge in [0.1, 0.15) is 5.82 Å². The third-order valence-electron chi connectivity index (χ3n) is 2.70. The van der Waals surface area contributed by atoms with E-state index in [0.717, 1.165) is 5.56 Å². The first kappa shape index (κ1) is 14.8. The average Bonchev–Trinajstić information content (AvgIpc) is 2.31. The highest BCUT2D eigenvalue weighted by molar-refractivity contribution is 9.10. The SMILES string of the molecule is OC(Cc1ccc(Cl)cc1Cl)c1cc(F)cc(Br)c1. The molecule has 2 rings (SSSR count). The molecule has 0 spiro atoms. The van der Waals surface area contributed by atoms with Crippen molar-refractivity contribution in [2.75, 3.05) is 0 Å². The summed E-state index contributed by atoms with van der Waals surface area (Å²) in [6.45, 7) is 0. The Morgan fingerprint density at radius 1 is 1.16 bits per heavy atom. The Morgan fingerprint density at radius 3 is 2.53 bits per heavy atom. The summed E-state index contributed by atoms with van der Waals surface area (Å²) in [7, 11) is 0. The fraction of sp³-hybridized carbons (Fsp3) is 0.143. The van der Waals surface area contributed by atoms with Crippen LogP contribution in [0.2, 0.25) is 10.0 Å². The number of hydrogen-bond acceptors (Lipinski definition) is 1. The highest BCUT2D eigenvalue weighted by atomic mass is 79.9. The zero-order valence-electron chi connectivity index (χ0n) is 9.71. The van der Waals surface area contributed by atoms with Gasteiger partial charge in [0.15, 0.2) is 0 Å². The van der Waals surface area contributed by atoms with Gasteiger partial charge in [-0.25, -0.2) is 4.39 Å². The van der Waals surface area contributed by atoms with E-state index >= 15 is 0 Å². The molecular weight excluding hydrogens is 354 g/mol. The summed E-state index contributed by atoms with van der Waals surface area (Å²) in [6, 6.07) is 9.40. The predicted molar refractivity (Wildman–Crippen MR) is 79.2 cm³/mol. The van der Waals surface area contributed by atoms with E-state index in [-0.39, 0.29) is 0 Å². The van der Waals surface area contributed by atoms with Gasteiger partial charge in [-0.15, -0.1) is 0 Å². The first-order chi connectivity index (χ1) is 8.95. The minimum atomic E-state index is -0.828. The molecule has 0 fully saturated rings. The first-order valence-electron chi connectivity index (χ1n) is 5.53. The molecule has 0 bridgehead atoms. The number of halogens is 4. The maximum Gasteiger partial charge on any atom is 0.124 e. The Morgan fingerprint density at radius 2 is 1.89 bits per heavy atom. The molecule has 1 unspecified atom stereocenters. The van der Waals surface area contributed by atoms with Gasteiger partial charge in [-0.1, -0.05) is 45.2 Å². The summed E-state index contributed by atoms with van der Waals surface area (Å²) in [5.41, 5.74) is 1.26. The number of hydrogen-bond donors (Lipinski definition) is 1. The van der Waals surface area contributed by atoms with Crippen LogP contribution in [0.3, 0.4) is 0 Å². The van der Waals surface area contributed by atoms with E-state index in [1.54, 1.807) is 24.3 Å². The fourth-order valence-electron chi connectivity index (χ4n) is 1.78. The molecule has 2 aromatic carbocycles. The minimum absolute atomic E-state index is 0.298. The fourth-order valence-corrected chi connectivity index (χ4v) is 2.75. The molecule has 2 aromatic rings. The van der Waals surface area contributed by atoms with Gasteiger partial charge in [0.25, 0.3) is 0 Å². The number of benzene rings is 2. The van der Waals surface area contributed by atoms with Gasteiger partial charge in [0, 0.05) is 20.9 Å². The molecule has 0 aliphatic rings. The normalized spacial score (nSPS) is 12.5. The molecule has 1 N–H and O–H groups in total. The van der Waals surface area contributed by atoms with E-state index in [1.807, 2.05) is 0 Å². The predicted octanol–water partition coefficient (Wildman–Crippen LogP) is 5.17. The van der Waals surface area contributed by atoms with Crippen LogP contribution in [0.4, 0.5) is 4.39 Å². The Bertz CT molecular complexity index is 584. The molecule has 0 heterocycles. The van der Waals surface area contributed by atoms with Crippen molar-refractivity contribution >= 4 is 39.1 Å². The zero-order chi connectivity index (χ0) is 14.0. The summed E-state index contributed by atoms with van der Waals surface area (Å²) >= 11 is 15.1. The van der Waals surface area contributed by atoms with Crippen LogP contribution in [0.1, 0.15) is 17.2 Å². The third kappa shape index (κ3) is 3.93.